The summed E-state index contributed by atoms with van der Waals surface area (Å²) in [7, 11) is 0. The molecule has 0 saturated carbocycles. The Morgan fingerprint density at radius 1 is 0.383 bits per heavy atom. The summed E-state index contributed by atoms with van der Waals surface area (Å²) in [5, 5.41) is 8.63. The Balaban J connectivity index is 1.21. The van der Waals surface area contributed by atoms with Crippen molar-refractivity contribution in [3.63, 3.8) is 0 Å². The second-order valence-electron chi connectivity index (χ2n) is 12.6. The number of hydrogen-bond acceptors (Lipinski definition) is 2. The van der Waals surface area contributed by atoms with Crippen molar-refractivity contribution < 1.29 is 0 Å². The molecule has 0 aliphatic heterocycles. The third-order valence-electron chi connectivity index (χ3n) is 9.99. The van der Waals surface area contributed by atoms with Crippen LogP contribution in [0.5, 0.6) is 0 Å². The Bertz CT molecular complexity index is 2690. The van der Waals surface area contributed by atoms with E-state index >= 15 is 0 Å². The van der Waals surface area contributed by atoms with E-state index in [-0.39, 0.29) is 0 Å². The van der Waals surface area contributed by atoms with Gasteiger partial charge in [-0.3, -0.25) is 9.97 Å². The molecule has 0 saturated heterocycles. The van der Waals surface area contributed by atoms with E-state index in [4.69, 9.17) is 4.98 Å². The van der Waals surface area contributed by atoms with E-state index in [1.165, 1.54) is 71.1 Å². The second kappa shape index (κ2) is 10.2. The van der Waals surface area contributed by atoms with Crippen molar-refractivity contribution in [1.82, 2.24) is 9.97 Å². The molecule has 2 nitrogen and oxygen atoms in total. The van der Waals surface area contributed by atoms with Crippen LogP contribution in [-0.4, -0.2) is 9.97 Å². The quantitative estimate of drug-likeness (QED) is 0.190. The van der Waals surface area contributed by atoms with Crippen LogP contribution in [0.1, 0.15) is 11.1 Å². The van der Waals surface area contributed by atoms with Gasteiger partial charge in [0.15, 0.2) is 0 Å². The molecule has 0 spiro atoms. The molecule has 2 heterocycles. The maximum absolute atomic E-state index is 5.15. The zero-order chi connectivity index (χ0) is 30.9. The first-order valence-corrected chi connectivity index (χ1v) is 16.2. The number of aromatic nitrogens is 2. The molecule has 0 amide bonds. The Hall–Kier alpha value is -6.12. The van der Waals surface area contributed by atoms with Crippen LogP contribution in [0.3, 0.4) is 0 Å². The fourth-order valence-electron chi connectivity index (χ4n) is 7.77. The van der Waals surface area contributed by atoms with Crippen molar-refractivity contribution >= 4 is 43.2 Å². The number of pyridine rings is 2. The molecule has 1 aliphatic carbocycles. The normalized spacial score (nSPS) is 12.2. The first-order valence-electron chi connectivity index (χ1n) is 16.2. The molecular formula is C45H28N2. The van der Waals surface area contributed by atoms with E-state index in [0.29, 0.717) is 0 Å². The Morgan fingerprint density at radius 3 is 1.91 bits per heavy atom. The molecule has 7 aromatic carbocycles. The maximum atomic E-state index is 5.15. The van der Waals surface area contributed by atoms with Crippen molar-refractivity contribution in [2.75, 3.05) is 0 Å². The van der Waals surface area contributed by atoms with Crippen LogP contribution in [-0.2, 0) is 6.42 Å². The van der Waals surface area contributed by atoms with Gasteiger partial charge in [0.25, 0.3) is 0 Å². The number of nitrogens with zero attached hydrogens (tertiary/aromatic N) is 2. The van der Waals surface area contributed by atoms with Crippen LogP contribution in [0.4, 0.5) is 0 Å². The molecule has 47 heavy (non-hydrogen) atoms. The topological polar surface area (TPSA) is 25.8 Å². The van der Waals surface area contributed by atoms with Gasteiger partial charge in [-0.2, -0.15) is 0 Å². The van der Waals surface area contributed by atoms with Gasteiger partial charge in [-0.1, -0.05) is 121 Å². The van der Waals surface area contributed by atoms with Crippen LogP contribution in [0.2, 0.25) is 0 Å². The number of fused-ring (bicyclic) bond motifs is 11. The van der Waals surface area contributed by atoms with Crippen LogP contribution in [0, 0.1) is 0 Å². The largest absolute Gasteiger partial charge is 0.264 e. The average molecular weight is 597 g/mol. The van der Waals surface area contributed by atoms with Gasteiger partial charge >= 0.3 is 0 Å². The summed E-state index contributed by atoms with van der Waals surface area (Å²) in [6, 6.07) is 51.1. The van der Waals surface area contributed by atoms with E-state index < -0.39 is 0 Å². The predicted molar refractivity (Wildman–Crippen MR) is 197 cm³/mol. The zero-order valence-electron chi connectivity index (χ0n) is 25.6. The summed E-state index contributed by atoms with van der Waals surface area (Å²) in [5.74, 6) is 0. The third kappa shape index (κ3) is 4.05. The molecule has 0 bridgehead atoms. The molecule has 2 heteroatoms. The van der Waals surface area contributed by atoms with Gasteiger partial charge in [0.1, 0.15) is 0 Å². The molecule has 0 unspecified atom stereocenters. The summed E-state index contributed by atoms with van der Waals surface area (Å²) >= 11 is 0. The minimum atomic E-state index is 0.982. The zero-order valence-corrected chi connectivity index (χ0v) is 25.6. The van der Waals surface area contributed by atoms with Gasteiger partial charge in [0.05, 0.1) is 5.52 Å². The number of hydrogen-bond donors (Lipinski definition) is 0. The summed E-state index contributed by atoms with van der Waals surface area (Å²) in [4.78, 5) is 9.45. The Morgan fingerprint density at radius 2 is 1.09 bits per heavy atom. The molecule has 10 rings (SSSR count). The first-order chi connectivity index (χ1) is 23.3. The summed E-state index contributed by atoms with van der Waals surface area (Å²) in [5.41, 5.74) is 13.6. The standard InChI is InChI=1S/C45H28N2/c1-2-10-35-30(8-1)22-33-23-31(19-20-36(33)35)41-25-42-38-12-4-6-14-40(38)45-43(44(42)39-13-5-3-11-37(39)41)24-34(27-47-45)29-17-15-28(16-18-29)32-9-7-21-46-26-32/h1-21,23-27H,22H2. The van der Waals surface area contributed by atoms with E-state index in [2.05, 4.69) is 138 Å². The molecule has 0 N–H and O–H groups in total. The molecule has 1 aliphatic rings. The summed E-state index contributed by atoms with van der Waals surface area (Å²) in [6.07, 6.45) is 6.73. The van der Waals surface area contributed by atoms with Crippen LogP contribution < -0.4 is 0 Å². The number of rotatable bonds is 3. The lowest BCUT2D eigenvalue weighted by Crippen LogP contribution is -1.92. The lowest BCUT2D eigenvalue weighted by atomic mass is 9.87. The SMILES string of the molecule is c1cncc(-c2ccc(-c3cnc4c5ccccc5c5cc(-c6ccc7c(c6)Cc6ccccc6-7)c6ccccc6c5c4c3)cc2)c1. The van der Waals surface area contributed by atoms with Crippen molar-refractivity contribution in [3.05, 3.63) is 169 Å². The highest BCUT2D eigenvalue weighted by Gasteiger charge is 2.20. The minimum absolute atomic E-state index is 0.982. The van der Waals surface area contributed by atoms with Gasteiger partial charge in [-0.25, -0.2) is 0 Å². The summed E-state index contributed by atoms with van der Waals surface area (Å²) in [6.45, 7) is 0. The fraction of sp³-hybridized carbons (Fsp3) is 0.0222. The first kappa shape index (κ1) is 26.1. The fourth-order valence-corrected chi connectivity index (χ4v) is 7.77. The molecule has 0 radical (unpaired) electrons. The van der Waals surface area contributed by atoms with Gasteiger partial charge < -0.3 is 0 Å². The van der Waals surface area contributed by atoms with Crippen LogP contribution in [0.25, 0.3) is 87.7 Å². The molecule has 9 aromatic rings. The molecule has 218 valence electrons. The van der Waals surface area contributed by atoms with E-state index in [0.717, 1.165) is 34.2 Å². The van der Waals surface area contributed by atoms with Crippen LogP contribution in [0.15, 0.2) is 158 Å². The highest BCUT2D eigenvalue weighted by atomic mass is 14.7. The Labute approximate surface area is 272 Å². The van der Waals surface area contributed by atoms with Crippen molar-refractivity contribution in [3.8, 4) is 44.5 Å². The van der Waals surface area contributed by atoms with Gasteiger partial charge in [-0.15, -0.1) is 0 Å². The van der Waals surface area contributed by atoms with Crippen molar-refractivity contribution in [2.24, 2.45) is 0 Å². The predicted octanol–water partition coefficient (Wildman–Crippen LogP) is 11.7. The van der Waals surface area contributed by atoms with E-state index in [1.54, 1.807) is 0 Å². The molecule has 0 atom stereocenters. The minimum Gasteiger partial charge on any atom is -0.264 e. The Kier molecular flexibility index (Phi) is 5.67. The smallest absolute Gasteiger partial charge is 0.0787 e. The van der Waals surface area contributed by atoms with E-state index in [9.17, 15) is 0 Å². The highest BCUT2D eigenvalue weighted by molar-refractivity contribution is 6.32. The van der Waals surface area contributed by atoms with Gasteiger partial charge in [0, 0.05) is 34.9 Å². The molecule has 2 aromatic heterocycles. The van der Waals surface area contributed by atoms with E-state index in [1.807, 2.05) is 24.7 Å². The van der Waals surface area contributed by atoms with Gasteiger partial charge in [0.2, 0.25) is 0 Å². The van der Waals surface area contributed by atoms with Crippen molar-refractivity contribution in [2.45, 2.75) is 6.42 Å². The lowest BCUT2D eigenvalue weighted by Gasteiger charge is -2.17. The highest BCUT2D eigenvalue weighted by Crippen LogP contribution is 2.45. The summed E-state index contributed by atoms with van der Waals surface area (Å²) < 4.78 is 0. The number of benzene rings is 7. The third-order valence-corrected chi connectivity index (χ3v) is 9.99. The molecular weight excluding hydrogens is 569 g/mol. The second-order valence-corrected chi connectivity index (χ2v) is 12.6. The monoisotopic (exact) mass is 596 g/mol. The molecule has 0 fully saturated rings. The van der Waals surface area contributed by atoms with Crippen LogP contribution >= 0.6 is 0 Å². The van der Waals surface area contributed by atoms with Gasteiger partial charge in [-0.05, 0) is 102 Å². The maximum Gasteiger partial charge on any atom is 0.0787 e. The average Bonchev–Trinajstić information content (AvgIpc) is 3.52. The van der Waals surface area contributed by atoms with Crippen molar-refractivity contribution in [1.29, 1.82) is 0 Å². The lowest BCUT2D eigenvalue weighted by molar-refractivity contribution is 1.26.